The first-order valence-electron chi connectivity index (χ1n) is 4.55. The van der Waals surface area contributed by atoms with Crippen LogP contribution in [0.2, 0.25) is 0 Å². The van der Waals surface area contributed by atoms with E-state index >= 15 is 0 Å². The van der Waals surface area contributed by atoms with E-state index in [9.17, 15) is 12.8 Å². The third kappa shape index (κ3) is 3.97. The number of likely N-dealkylation sites (N-methyl/N-ethyl adjacent to an activating group) is 1. The highest BCUT2D eigenvalue weighted by Gasteiger charge is 2.09. The zero-order valence-electron chi connectivity index (χ0n) is 8.77. The minimum atomic E-state index is -3.12. The molecule has 0 radical (unpaired) electrons. The number of nitrogens with zero attached hydrogens (tertiary/aromatic N) is 1. The highest BCUT2D eigenvalue weighted by atomic mass is 32.2. The van der Waals surface area contributed by atoms with Crippen LogP contribution >= 0.6 is 0 Å². The van der Waals surface area contributed by atoms with Gasteiger partial charge in [0.25, 0.3) is 0 Å². The number of halogens is 1. The van der Waals surface area contributed by atoms with E-state index < -0.39 is 10.0 Å². The lowest BCUT2D eigenvalue weighted by molar-refractivity contribution is 0.478. The Kier molecular flexibility index (Phi) is 3.82. The molecule has 15 heavy (non-hydrogen) atoms. The summed E-state index contributed by atoms with van der Waals surface area (Å²) in [7, 11) is -1.60. The molecule has 5 heteroatoms. The van der Waals surface area contributed by atoms with Crippen LogP contribution < -0.4 is 0 Å². The van der Waals surface area contributed by atoms with Gasteiger partial charge in [-0.05, 0) is 24.1 Å². The molecule has 0 heterocycles. The molecule has 0 amide bonds. The van der Waals surface area contributed by atoms with E-state index in [0.29, 0.717) is 13.0 Å². The normalized spacial score (nSPS) is 12.0. The molecular weight excluding hydrogens is 217 g/mol. The first kappa shape index (κ1) is 12.1. The fourth-order valence-corrected chi connectivity index (χ4v) is 1.53. The Morgan fingerprint density at radius 2 is 1.80 bits per heavy atom. The Labute approximate surface area is 89.6 Å². The second-order valence-corrected chi connectivity index (χ2v) is 5.55. The second-order valence-electron chi connectivity index (χ2n) is 3.46. The van der Waals surface area contributed by atoms with Crippen molar-refractivity contribution in [1.29, 1.82) is 0 Å². The van der Waals surface area contributed by atoms with Crippen molar-refractivity contribution in [3.63, 3.8) is 0 Å². The Morgan fingerprint density at radius 1 is 1.27 bits per heavy atom. The third-order valence-corrected chi connectivity index (χ3v) is 3.51. The summed E-state index contributed by atoms with van der Waals surface area (Å²) in [6, 6.07) is 6.06. The molecule has 0 saturated heterocycles. The van der Waals surface area contributed by atoms with Gasteiger partial charge in [-0.15, -0.1) is 0 Å². The fraction of sp³-hybridized carbons (Fsp3) is 0.400. The van der Waals surface area contributed by atoms with Crippen molar-refractivity contribution >= 4 is 10.0 Å². The van der Waals surface area contributed by atoms with Crippen molar-refractivity contribution in [2.75, 3.05) is 19.8 Å². The van der Waals surface area contributed by atoms with Gasteiger partial charge in [-0.25, -0.2) is 17.1 Å². The van der Waals surface area contributed by atoms with Gasteiger partial charge in [0.15, 0.2) is 0 Å². The highest BCUT2D eigenvalue weighted by molar-refractivity contribution is 7.88. The quantitative estimate of drug-likeness (QED) is 0.782. The van der Waals surface area contributed by atoms with E-state index in [2.05, 4.69) is 0 Å². The smallest absolute Gasteiger partial charge is 0.210 e. The van der Waals surface area contributed by atoms with Crippen LogP contribution in [-0.4, -0.2) is 32.6 Å². The average Bonchev–Trinajstić information content (AvgIpc) is 2.15. The number of rotatable bonds is 4. The molecule has 0 unspecified atom stereocenters. The van der Waals surface area contributed by atoms with Gasteiger partial charge >= 0.3 is 0 Å². The van der Waals surface area contributed by atoms with Gasteiger partial charge in [-0.2, -0.15) is 0 Å². The van der Waals surface area contributed by atoms with Crippen LogP contribution in [0.5, 0.6) is 0 Å². The number of hydrogen-bond donors (Lipinski definition) is 0. The van der Waals surface area contributed by atoms with Crippen molar-refractivity contribution in [2.24, 2.45) is 0 Å². The molecule has 84 valence electrons. The lowest BCUT2D eigenvalue weighted by atomic mass is 10.1. The van der Waals surface area contributed by atoms with Gasteiger partial charge in [0, 0.05) is 13.6 Å². The molecule has 0 fully saturated rings. The van der Waals surface area contributed by atoms with E-state index in [1.165, 1.54) is 23.5 Å². The summed E-state index contributed by atoms with van der Waals surface area (Å²) in [4.78, 5) is 0. The third-order valence-electron chi connectivity index (χ3n) is 2.19. The Balaban J connectivity index is 2.55. The first-order valence-corrected chi connectivity index (χ1v) is 6.40. The molecule has 0 bridgehead atoms. The Bertz CT molecular complexity index is 414. The summed E-state index contributed by atoms with van der Waals surface area (Å²) in [6.45, 7) is 0.407. The molecule has 0 aliphatic carbocycles. The predicted molar refractivity (Wildman–Crippen MR) is 57.6 cm³/mol. The molecule has 3 nitrogen and oxygen atoms in total. The summed E-state index contributed by atoms with van der Waals surface area (Å²) in [5, 5.41) is 0. The highest BCUT2D eigenvalue weighted by Crippen LogP contribution is 2.05. The van der Waals surface area contributed by atoms with Crippen molar-refractivity contribution in [1.82, 2.24) is 4.31 Å². The van der Waals surface area contributed by atoms with Gasteiger partial charge < -0.3 is 0 Å². The molecule has 0 aliphatic rings. The zero-order chi connectivity index (χ0) is 11.5. The lowest BCUT2D eigenvalue weighted by Crippen LogP contribution is -2.27. The van der Waals surface area contributed by atoms with Crippen molar-refractivity contribution in [3.05, 3.63) is 35.6 Å². The minimum Gasteiger partial charge on any atom is -0.213 e. The summed E-state index contributed by atoms with van der Waals surface area (Å²) < 4.78 is 36.0. The predicted octanol–water partition coefficient (Wildman–Crippen LogP) is 1.26. The summed E-state index contributed by atoms with van der Waals surface area (Å²) in [5.74, 6) is -0.282. The number of sulfonamides is 1. The maximum atomic E-state index is 12.6. The van der Waals surface area contributed by atoms with Crippen LogP contribution in [0.4, 0.5) is 4.39 Å². The van der Waals surface area contributed by atoms with E-state index in [0.717, 1.165) is 11.8 Å². The van der Waals surface area contributed by atoms with Crippen molar-refractivity contribution < 1.29 is 12.8 Å². The number of benzene rings is 1. The van der Waals surface area contributed by atoms with Crippen LogP contribution in [0.25, 0.3) is 0 Å². The molecule has 0 atom stereocenters. The summed E-state index contributed by atoms with van der Waals surface area (Å²) in [5.41, 5.74) is 0.923. The minimum absolute atomic E-state index is 0.282. The topological polar surface area (TPSA) is 37.4 Å². The second kappa shape index (κ2) is 4.72. The molecule has 0 aliphatic heterocycles. The molecule has 0 N–H and O–H groups in total. The van der Waals surface area contributed by atoms with E-state index in [4.69, 9.17) is 0 Å². The maximum absolute atomic E-state index is 12.6. The van der Waals surface area contributed by atoms with E-state index in [1.54, 1.807) is 12.1 Å². The number of hydrogen-bond acceptors (Lipinski definition) is 2. The largest absolute Gasteiger partial charge is 0.213 e. The van der Waals surface area contributed by atoms with E-state index in [-0.39, 0.29) is 5.82 Å². The summed E-state index contributed by atoms with van der Waals surface area (Å²) in [6.07, 6.45) is 1.75. The first-order chi connectivity index (χ1) is 6.89. The van der Waals surface area contributed by atoms with Gasteiger partial charge in [-0.1, -0.05) is 12.1 Å². The molecule has 1 aromatic rings. The van der Waals surface area contributed by atoms with Gasteiger partial charge in [-0.3, -0.25) is 0 Å². The molecule has 0 spiro atoms. The van der Waals surface area contributed by atoms with Gasteiger partial charge in [0.1, 0.15) is 5.82 Å². The monoisotopic (exact) mass is 231 g/mol. The van der Waals surface area contributed by atoms with Crippen LogP contribution in [0.15, 0.2) is 24.3 Å². The average molecular weight is 231 g/mol. The molecule has 0 saturated carbocycles. The van der Waals surface area contributed by atoms with Crippen molar-refractivity contribution in [3.8, 4) is 0 Å². The standard InChI is InChI=1S/C10H14FNO2S/c1-12(15(2,13)14)8-7-9-3-5-10(11)6-4-9/h3-6H,7-8H2,1-2H3. The maximum Gasteiger partial charge on any atom is 0.210 e. The molecule has 1 aromatic carbocycles. The lowest BCUT2D eigenvalue weighted by Gasteiger charge is -2.13. The molecule has 0 aromatic heterocycles. The zero-order valence-corrected chi connectivity index (χ0v) is 9.59. The van der Waals surface area contributed by atoms with Crippen LogP contribution in [0.3, 0.4) is 0 Å². The molecule has 1 rings (SSSR count). The Morgan fingerprint density at radius 3 is 2.27 bits per heavy atom. The van der Waals surface area contributed by atoms with Crippen LogP contribution in [-0.2, 0) is 16.4 Å². The van der Waals surface area contributed by atoms with Gasteiger partial charge in [0.05, 0.1) is 6.26 Å². The summed E-state index contributed by atoms with van der Waals surface area (Å²) >= 11 is 0. The fourth-order valence-electron chi connectivity index (χ4n) is 1.10. The van der Waals surface area contributed by atoms with E-state index in [1.807, 2.05) is 0 Å². The van der Waals surface area contributed by atoms with Crippen LogP contribution in [0, 0.1) is 5.82 Å². The Hall–Kier alpha value is -0.940. The van der Waals surface area contributed by atoms with Gasteiger partial charge in [0.2, 0.25) is 10.0 Å². The SMILES string of the molecule is CN(CCc1ccc(F)cc1)S(C)(=O)=O. The van der Waals surface area contributed by atoms with Crippen LogP contribution in [0.1, 0.15) is 5.56 Å². The molecular formula is C10H14FNO2S. The van der Waals surface area contributed by atoms with Crippen molar-refractivity contribution in [2.45, 2.75) is 6.42 Å².